The Morgan fingerprint density at radius 3 is 2.00 bits per heavy atom. The molecule has 0 heterocycles. The molecule has 1 aromatic carbocycles. The molecule has 0 aliphatic heterocycles. The number of phenolic OH excluding ortho intramolecular Hbond substituents is 1. The molecule has 0 spiro atoms. The first-order valence-electron chi connectivity index (χ1n) is 8.91. The van der Waals surface area contributed by atoms with E-state index in [9.17, 15) is 13.5 Å². The van der Waals surface area contributed by atoms with Crippen molar-refractivity contribution in [3.8, 4) is 11.5 Å². The lowest BCUT2D eigenvalue weighted by molar-refractivity contribution is 0.384. The molecule has 0 saturated carbocycles. The third-order valence-electron chi connectivity index (χ3n) is 4.04. The smallest absolute Gasteiger partial charge is 0.446 e. The highest BCUT2D eigenvalue weighted by Crippen LogP contribution is 2.26. The summed E-state index contributed by atoms with van der Waals surface area (Å²) in [5.74, 6) is 0.131. The van der Waals surface area contributed by atoms with Crippen LogP contribution in [0, 0.1) is 0 Å². The standard InChI is InChI=1S/C18H30O5S/c1-2-3-4-5-6-7-8-9-10-11-12-16-15-17(19)13-14-18(16)23-24(20,21)22/h13-15,19H,2-12H2,1H3,(H,20,21,22). The zero-order valence-corrected chi connectivity index (χ0v) is 15.4. The van der Waals surface area contributed by atoms with Gasteiger partial charge in [0, 0.05) is 0 Å². The van der Waals surface area contributed by atoms with Crippen LogP contribution in [0.2, 0.25) is 0 Å². The minimum absolute atomic E-state index is 0.0553. The molecule has 1 rings (SSSR count). The first-order chi connectivity index (χ1) is 11.4. The van der Waals surface area contributed by atoms with Gasteiger partial charge in [-0.25, -0.2) is 0 Å². The topological polar surface area (TPSA) is 83.8 Å². The summed E-state index contributed by atoms with van der Waals surface area (Å²) in [7, 11) is -4.55. The fourth-order valence-electron chi connectivity index (χ4n) is 2.76. The van der Waals surface area contributed by atoms with Crippen LogP contribution in [0.15, 0.2) is 18.2 Å². The fraction of sp³-hybridized carbons (Fsp3) is 0.667. The Labute approximate surface area is 146 Å². The van der Waals surface area contributed by atoms with E-state index in [1.54, 1.807) is 0 Å². The minimum Gasteiger partial charge on any atom is -0.508 e. The lowest BCUT2D eigenvalue weighted by atomic mass is 10.0. The van der Waals surface area contributed by atoms with Gasteiger partial charge in [0.25, 0.3) is 0 Å². The Hall–Kier alpha value is -1.27. The fourth-order valence-corrected chi connectivity index (χ4v) is 3.15. The number of hydrogen-bond acceptors (Lipinski definition) is 4. The summed E-state index contributed by atoms with van der Waals surface area (Å²) in [6.07, 6.45) is 12.8. The predicted molar refractivity (Wildman–Crippen MR) is 95.8 cm³/mol. The number of aromatic hydroxyl groups is 1. The summed E-state index contributed by atoms with van der Waals surface area (Å²) in [6, 6.07) is 4.17. The van der Waals surface area contributed by atoms with Crippen LogP contribution in [0.3, 0.4) is 0 Å². The molecule has 138 valence electrons. The van der Waals surface area contributed by atoms with E-state index in [4.69, 9.17) is 4.55 Å². The van der Waals surface area contributed by atoms with E-state index in [1.807, 2.05) is 0 Å². The maximum Gasteiger partial charge on any atom is 0.446 e. The van der Waals surface area contributed by atoms with Crippen molar-refractivity contribution in [2.24, 2.45) is 0 Å². The molecule has 24 heavy (non-hydrogen) atoms. The zero-order chi connectivity index (χ0) is 17.8. The van der Waals surface area contributed by atoms with Crippen molar-refractivity contribution in [1.82, 2.24) is 0 Å². The maximum absolute atomic E-state index is 10.9. The molecule has 5 nitrogen and oxygen atoms in total. The quantitative estimate of drug-likeness (QED) is 0.381. The van der Waals surface area contributed by atoms with Crippen molar-refractivity contribution in [1.29, 1.82) is 0 Å². The second kappa shape index (κ2) is 11.3. The Balaban J connectivity index is 2.26. The number of unbranched alkanes of at least 4 members (excludes halogenated alkanes) is 9. The van der Waals surface area contributed by atoms with Crippen molar-refractivity contribution in [3.05, 3.63) is 23.8 Å². The van der Waals surface area contributed by atoms with Gasteiger partial charge in [-0.1, -0.05) is 64.7 Å². The van der Waals surface area contributed by atoms with E-state index in [0.29, 0.717) is 12.0 Å². The molecule has 1 aromatic rings. The van der Waals surface area contributed by atoms with E-state index >= 15 is 0 Å². The van der Waals surface area contributed by atoms with Gasteiger partial charge in [-0.15, -0.1) is 0 Å². The second-order valence-corrected chi connectivity index (χ2v) is 7.26. The first-order valence-corrected chi connectivity index (χ1v) is 10.3. The highest BCUT2D eigenvalue weighted by Gasteiger charge is 2.12. The zero-order valence-electron chi connectivity index (χ0n) is 14.5. The van der Waals surface area contributed by atoms with Crippen LogP contribution in [0.5, 0.6) is 11.5 Å². The second-order valence-electron chi connectivity index (χ2n) is 6.24. The van der Waals surface area contributed by atoms with Gasteiger partial charge in [0.2, 0.25) is 0 Å². The van der Waals surface area contributed by atoms with Gasteiger partial charge in [0.1, 0.15) is 11.5 Å². The predicted octanol–water partition coefficient (Wildman–Crippen LogP) is 5.04. The van der Waals surface area contributed by atoms with Crippen LogP contribution in [0.25, 0.3) is 0 Å². The van der Waals surface area contributed by atoms with Crippen molar-refractivity contribution >= 4 is 10.4 Å². The molecule has 0 aliphatic rings. The van der Waals surface area contributed by atoms with Crippen molar-refractivity contribution in [2.45, 2.75) is 77.6 Å². The Bertz CT molecular complexity index is 569. The molecular formula is C18H30O5S. The molecule has 0 radical (unpaired) electrons. The van der Waals surface area contributed by atoms with Gasteiger partial charge in [-0.2, -0.15) is 8.42 Å². The maximum atomic E-state index is 10.9. The summed E-state index contributed by atoms with van der Waals surface area (Å²) >= 11 is 0. The molecule has 0 aromatic heterocycles. The normalized spacial score (nSPS) is 11.6. The van der Waals surface area contributed by atoms with Crippen molar-refractivity contribution < 1.29 is 22.3 Å². The Morgan fingerprint density at radius 1 is 0.917 bits per heavy atom. The Morgan fingerprint density at radius 2 is 1.46 bits per heavy atom. The van der Waals surface area contributed by atoms with Crippen LogP contribution in [0.1, 0.15) is 76.7 Å². The molecule has 0 unspecified atom stereocenters. The summed E-state index contributed by atoms with van der Waals surface area (Å²) in [6.45, 7) is 2.22. The van der Waals surface area contributed by atoms with E-state index in [2.05, 4.69) is 11.1 Å². The van der Waals surface area contributed by atoms with Gasteiger partial charge in [0.05, 0.1) is 0 Å². The van der Waals surface area contributed by atoms with E-state index in [1.165, 1.54) is 63.1 Å². The lowest BCUT2D eigenvalue weighted by Gasteiger charge is -2.09. The van der Waals surface area contributed by atoms with Crippen LogP contribution in [-0.4, -0.2) is 18.1 Å². The number of hydrogen-bond donors (Lipinski definition) is 2. The molecule has 0 saturated heterocycles. The van der Waals surface area contributed by atoms with E-state index < -0.39 is 10.4 Å². The van der Waals surface area contributed by atoms with Gasteiger partial charge in [0.15, 0.2) is 0 Å². The van der Waals surface area contributed by atoms with Gasteiger partial charge in [-0.3, -0.25) is 4.55 Å². The summed E-state index contributed by atoms with van der Waals surface area (Å²) in [5.41, 5.74) is 0.590. The number of rotatable bonds is 13. The molecule has 0 bridgehead atoms. The number of benzene rings is 1. The van der Waals surface area contributed by atoms with Crippen molar-refractivity contribution in [3.63, 3.8) is 0 Å². The van der Waals surface area contributed by atoms with Crippen LogP contribution < -0.4 is 4.18 Å². The largest absolute Gasteiger partial charge is 0.508 e. The van der Waals surface area contributed by atoms with Crippen LogP contribution >= 0.6 is 0 Å². The summed E-state index contributed by atoms with van der Waals surface area (Å²) in [4.78, 5) is 0. The van der Waals surface area contributed by atoms with E-state index in [-0.39, 0.29) is 11.5 Å². The molecule has 2 N–H and O–H groups in total. The van der Waals surface area contributed by atoms with E-state index in [0.717, 1.165) is 19.3 Å². The van der Waals surface area contributed by atoms with Gasteiger partial charge in [-0.05, 0) is 36.6 Å². The SMILES string of the molecule is CCCCCCCCCCCCc1cc(O)ccc1OS(=O)(=O)O. The average Bonchev–Trinajstić information content (AvgIpc) is 2.50. The molecule has 0 aliphatic carbocycles. The summed E-state index contributed by atoms with van der Waals surface area (Å²) in [5, 5.41) is 9.53. The average molecular weight is 359 g/mol. The van der Waals surface area contributed by atoms with Crippen molar-refractivity contribution in [2.75, 3.05) is 0 Å². The summed E-state index contributed by atoms with van der Waals surface area (Å²) < 4.78 is 35.0. The molecule has 0 amide bonds. The molecule has 6 heteroatoms. The van der Waals surface area contributed by atoms with Gasteiger partial charge >= 0.3 is 10.4 Å². The van der Waals surface area contributed by atoms with Crippen LogP contribution in [0.4, 0.5) is 0 Å². The lowest BCUT2D eigenvalue weighted by Crippen LogP contribution is -2.08. The monoisotopic (exact) mass is 358 g/mol. The Kier molecular flexibility index (Phi) is 9.79. The molecule has 0 fully saturated rings. The number of phenols is 1. The molecule has 0 atom stereocenters. The minimum atomic E-state index is -4.55. The first kappa shape index (κ1) is 20.8. The molecular weight excluding hydrogens is 328 g/mol. The van der Waals surface area contributed by atoms with Crippen LogP contribution in [-0.2, 0) is 16.8 Å². The van der Waals surface area contributed by atoms with Gasteiger partial charge < -0.3 is 9.29 Å². The highest BCUT2D eigenvalue weighted by atomic mass is 32.3. The third-order valence-corrected chi connectivity index (χ3v) is 4.43. The highest BCUT2D eigenvalue weighted by molar-refractivity contribution is 7.81. The number of aryl methyl sites for hydroxylation is 1. The third kappa shape index (κ3) is 9.78.